The monoisotopic (exact) mass is 297 g/mol. The average Bonchev–Trinajstić information content (AvgIpc) is 2.98. The van der Waals surface area contributed by atoms with Gasteiger partial charge in [-0.3, -0.25) is 4.79 Å². The third-order valence-corrected chi connectivity index (χ3v) is 4.09. The lowest BCUT2D eigenvalue weighted by Crippen LogP contribution is -2.25. The zero-order valence-corrected chi connectivity index (χ0v) is 12.3. The zero-order valence-electron chi connectivity index (χ0n) is 10.7. The van der Waals surface area contributed by atoms with Crippen LogP contribution in [0.5, 0.6) is 0 Å². The molecule has 0 unspecified atom stereocenters. The molecule has 2 aromatic rings. The molecular formula is C11H15N5OS2. The van der Waals surface area contributed by atoms with E-state index in [1.807, 2.05) is 5.38 Å². The van der Waals surface area contributed by atoms with Crippen LogP contribution in [0.3, 0.4) is 0 Å². The van der Waals surface area contributed by atoms with Crippen LogP contribution in [0.1, 0.15) is 40.3 Å². The number of nitrogens with two attached hydrogens (primary N) is 1. The number of nitrogen functional groups attached to an aromatic ring is 1. The summed E-state index contributed by atoms with van der Waals surface area (Å²) in [5, 5.41) is 14.1. The van der Waals surface area contributed by atoms with Gasteiger partial charge < -0.3 is 11.1 Å². The van der Waals surface area contributed by atoms with E-state index < -0.39 is 0 Å². The molecule has 0 aromatic carbocycles. The number of carbonyl (C=O) groups is 1. The molecule has 0 aliphatic heterocycles. The number of hydrogen-bond acceptors (Lipinski definition) is 7. The highest BCUT2D eigenvalue weighted by Crippen LogP contribution is 2.17. The maximum absolute atomic E-state index is 11.9. The highest BCUT2D eigenvalue weighted by atomic mass is 32.1. The van der Waals surface area contributed by atoms with Crippen molar-refractivity contribution in [3.05, 3.63) is 21.1 Å². The van der Waals surface area contributed by atoms with Gasteiger partial charge in [0.25, 0.3) is 5.91 Å². The minimum Gasteiger partial charge on any atom is -0.374 e. The topological polar surface area (TPSA) is 93.8 Å². The van der Waals surface area contributed by atoms with Crippen molar-refractivity contribution in [2.24, 2.45) is 0 Å². The summed E-state index contributed by atoms with van der Waals surface area (Å²) in [6.07, 6.45) is 0.628. The largest absolute Gasteiger partial charge is 0.374 e. The lowest BCUT2D eigenvalue weighted by Gasteiger charge is -2.00. The number of anilines is 1. The number of hydrogen-bond donors (Lipinski definition) is 2. The van der Waals surface area contributed by atoms with Crippen LogP contribution in [-0.2, 0) is 6.42 Å². The Bertz CT molecular complexity index is 563. The Morgan fingerprint density at radius 2 is 2.26 bits per heavy atom. The molecule has 0 aliphatic rings. The van der Waals surface area contributed by atoms with Crippen LogP contribution in [0.2, 0.25) is 0 Å². The van der Waals surface area contributed by atoms with Gasteiger partial charge in [0.15, 0.2) is 5.01 Å². The number of nitrogens with zero attached hydrogens (tertiary/aromatic N) is 3. The van der Waals surface area contributed by atoms with Crippen molar-refractivity contribution in [3.63, 3.8) is 0 Å². The first-order valence-electron chi connectivity index (χ1n) is 5.87. The average molecular weight is 297 g/mol. The molecule has 102 valence electrons. The first-order valence-corrected chi connectivity index (χ1v) is 7.57. The third-order valence-electron chi connectivity index (χ3n) is 2.41. The smallest absolute Gasteiger partial charge is 0.280 e. The van der Waals surface area contributed by atoms with Crippen LogP contribution in [0, 0.1) is 0 Å². The summed E-state index contributed by atoms with van der Waals surface area (Å²) in [5.41, 5.74) is 6.43. The fraction of sp³-hybridized carbons (Fsp3) is 0.455. The van der Waals surface area contributed by atoms with Crippen molar-refractivity contribution in [2.75, 3.05) is 12.3 Å². The molecule has 2 aromatic heterocycles. The van der Waals surface area contributed by atoms with Gasteiger partial charge in [-0.2, -0.15) is 0 Å². The van der Waals surface area contributed by atoms with Gasteiger partial charge in [-0.05, 0) is 5.92 Å². The Balaban J connectivity index is 1.83. The summed E-state index contributed by atoms with van der Waals surface area (Å²) < 4.78 is 0. The molecule has 3 N–H and O–H groups in total. The van der Waals surface area contributed by atoms with Crippen molar-refractivity contribution >= 4 is 33.7 Å². The minimum atomic E-state index is -0.144. The molecule has 8 heteroatoms. The van der Waals surface area contributed by atoms with Crippen LogP contribution in [0.4, 0.5) is 5.13 Å². The molecule has 0 aliphatic carbocycles. The second-order valence-electron chi connectivity index (χ2n) is 4.27. The summed E-state index contributed by atoms with van der Waals surface area (Å²) in [6, 6.07) is 0. The molecule has 0 spiro atoms. The lowest BCUT2D eigenvalue weighted by atomic mass is 10.2. The normalized spacial score (nSPS) is 10.9. The fourth-order valence-corrected chi connectivity index (χ4v) is 2.89. The highest BCUT2D eigenvalue weighted by molar-refractivity contribution is 7.15. The van der Waals surface area contributed by atoms with Crippen LogP contribution in [0.15, 0.2) is 5.38 Å². The molecule has 0 saturated carbocycles. The molecular weight excluding hydrogens is 282 g/mol. The van der Waals surface area contributed by atoms with Crippen LogP contribution < -0.4 is 11.1 Å². The van der Waals surface area contributed by atoms with Gasteiger partial charge >= 0.3 is 0 Å². The Morgan fingerprint density at radius 3 is 2.84 bits per heavy atom. The van der Waals surface area contributed by atoms with E-state index in [0.29, 0.717) is 29.0 Å². The Kier molecular flexibility index (Phi) is 4.43. The van der Waals surface area contributed by atoms with E-state index in [9.17, 15) is 4.79 Å². The predicted octanol–water partition coefficient (Wildman–Crippen LogP) is 1.67. The molecule has 0 bridgehead atoms. The summed E-state index contributed by atoms with van der Waals surface area (Å²) in [4.78, 5) is 16.2. The molecule has 19 heavy (non-hydrogen) atoms. The van der Waals surface area contributed by atoms with Crippen LogP contribution >= 0.6 is 22.7 Å². The molecule has 6 nitrogen and oxygen atoms in total. The number of carbonyl (C=O) groups excluding carboxylic acids is 1. The predicted molar refractivity (Wildman–Crippen MR) is 76.6 cm³/mol. The zero-order chi connectivity index (χ0) is 13.8. The quantitative estimate of drug-likeness (QED) is 0.875. The molecule has 2 heterocycles. The molecule has 0 atom stereocenters. The van der Waals surface area contributed by atoms with Crippen LogP contribution in [-0.4, -0.2) is 27.6 Å². The van der Waals surface area contributed by atoms with Crippen molar-refractivity contribution in [2.45, 2.75) is 26.2 Å². The Labute approximate surface area is 119 Å². The van der Waals surface area contributed by atoms with E-state index in [1.54, 1.807) is 0 Å². The van der Waals surface area contributed by atoms with Gasteiger partial charge in [0.05, 0.1) is 5.69 Å². The van der Waals surface area contributed by atoms with Gasteiger partial charge in [-0.25, -0.2) is 4.98 Å². The van der Waals surface area contributed by atoms with Crippen molar-refractivity contribution in [3.8, 4) is 0 Å². The molecule has 2 rings (SSSR count). The molecule has 0 radical (unpaired) electrons. The third kappa shape index (κ3) is 3.71. The van der Waals surface area contributed by atoms with Crippen LogP contribution in [0.25, 0.3) is 0 Å². The maximum atomic E-state index is 11.9. The molecule has 0 saturated heterocycles. The Morgan fingerprint density at radius 1 is 1.47 bits per heavy atom. The van der Waals surface area contributed by atoms with Gasteiger partial charge in [-0.15, -0.1) is 21.5 Å². The molecule has 0 fully saturated rings. The van der Waals surface area contributed by atoms with Gasteiger partial charge in [0, 0.05) is 18.3 Å². The highest BCUT2D eigenvalue weighted by Gasteiger charge is 2.12. The summed E-state index contributed by atoms with van der Waals surface area (Å²) in [6.45, 7) is 4.61. The van der Waals surface area contributed by atoms with Gasteiger partial charge in [0.1, 0.15) is 5.01 Å². The number of thiazole rings is 1. The SMILES string of the molecule is CC(C)c1csc(C(=O)NCCc2nnc(N)s2)n1. The maximum Gasteiger partial charge on any atom is 0.280 e. The summed E-state index contributed by atoms with van der Waals surface area (Å²) in [7, 11) is 0. The summed E-state index contributed by atoms with van der Waals surface area (Å²) >= 11 is 2.70. The fourth-order valence-electron chi connectivity index (χ4n) is 1.38. The van der Waals surface area contributed by atoms with E-state index in [2.05, 4.69) is 34.3 Å². The van der Waals surface area contributed by atoms with Gasteiger partial charge in [-0.1, -0.05) is 25.2 Å². The summed E-state index contributed by atoms with van der Waals surface area (Å²) in [5.74, 6) is 0.191. The number of rotatable bonds is 5. The van der Waals surface area contributed by atoms with Gasteiger partial charge in [0.2, 0.25) is 5.13 Å². The van der Waals surface area contributed by atoms with Crippen molar-refractivity contribution in [1.29, 1.82) is 0 Å². The van der Waals surface area contributed by atoms with Crippen molar-refractivity contribution in [1.82, 2.24) is 20.5 Å². The van der Waals surface area contributed by atoms with E-state index in [4.69, 9.17) is 5.73 Å². The Hall–Kier alpha value is -1.54. The first kappa shape index (κ1) is 13.9. The number of aromatic nitrogens is 3. The molecule has 1 amide bonds. The van der Waals surface area contributed by atoms with E-state index >= 15 is 0 Å². The van der Waals surface area contributed by atoms with E-state index in [1.165, 1.54) is 22.7 Å². The second-order valence-corrected chi connectivity index (χ2v) is 6.22. The lowest BCUT2D eigenvalue weighted by molar-refractivity contribution is 0.0953. The number of nitrogens with one attached hydrogen (secondary N) is 1. The van der Waals surface area contributed by atoms with Crippen molar-refractivity contribution < 1.29 is 4.79 Å². The van der Waals surface area contributed by atoms with E-state index in [-0.39, 0.29) is 5.91 Å². The minimum absolute atomic E-state index is 0.144. The second kappa shape index (κ2) is 6.07. The first-order chi connectivity index (χ1) is 9.06. The standard InChI is InChI=1S/C11H15N5OS2/c1-6(2)7-5-18-10(14-7)9(17)13-4-3-8-15-16-11(12)19-8/h5-6H,3-4H2,1-2H3,(H2,12,16)(H,13,17). The number of amides is 1. The van der Waals surface area contributed by atoms with E-state index in [0.717, 1.165) is 10.7 Å².